The molecule has 7 nitrogen and oxygen atoms in total. The summed E-state index contributed by atoms with van der Waals surface area (Å²) in [5, 5.41) is 15.9. The third kappa shape index (κ3) is 6.60. The highest BCUT2D eigenvalue weighted by Gasteiger charge is 2.14. The normalized spacial score (nSPS) is 14.1. The topological polar surface area (TPSA) is 80.0 Å². The van der Waals surface area contributed by atoms with Gasteiger partial charge in [0.1, 0.15) is 16.8 Å². The molecule has 2 N–H and O–H groups in total. The fourth-order valence-electron chi connectivity index (χ4n) is 3.12. The standard InChI is InChI=1S/C18H26ClN7.HI/c1-20-18(21-10-8-14-6-7-15(19)23-13-14)22-11-9-17-25-24-16-5-3-2-4-12-26(16)17;/h6-7,13H,2-5,8-12H2,1H3,(H2,20,21,22);1H. The summed E-state index contributed by atoms with van der Waals surface area (Å²) in [5.41, 5.74) is 1.14. The lowest BCUT2D eigenvalue weighted by Gasteiger charge is -2.12. The van der Waals surface area contributed by atoms with Gasteiger partial charge in [0.25, 0.3) is 0 Å². The molecule has 0 saturated carbocycles. The second-order valence-electron chi connectivity index (χ2n) is 6.41. The molecule has 148 valence electrons. The highest BCUT2D eigenvalue weighted by Crippen LogP contribution is 2.14. The predicted octanol–water partition coefficient (Wildman–Crippen LogP) is 2.62. The number of hydrogen-bond donors (Lipinski definition) is 2. The molecule has 0 amide bonds. The average Bonchev–Trinajstić information content (AvgIpc) is 2.88. The van der Waals surface area contributed by atoms with Crippen molar-refractivity contribution in [2.45, 2.75) is 45.1 Å². The Labute approximate surface area is 182 Å². The lowest BCUT2D eigenvalue weighted by atomic mass is 10.2. The summed E-state index contributed by atoms with van der Waals surface area (Å²) < 4.78 is 2.29. The van der Waals surface area contributed by atoms with Crippen molar-refractivity contribution in [3.63, 3.8) is 0 Å². The summed E-state index contributed by atoms with van der Waals surface area (Å²) in [5.74, 6) is 3.00. The molecular formula is C18H27ClIN7. The highest BCUT2D eigenvalue weighted by atomic mass is 127. The van der Waals surface area contributed by atoms with Crippen molar-refractivity contribution >= 4 is 41.5 Å². The van der Waals surface area contributed by atoms with Gasteiger partial charge in [0.2, 0.25) is 0 Å². The summed E-state index contributed by atoms with van der Waals surface area (Å²) >= 11 is 5.80. The van der Waals surface area contributed by atoms with Crippen LogP contribution in [0.1, 0.15) is 36.5 Å². The van der Waals surface area contributed by atoms with Crippen molar-refractivity contribution < 1.29 is 0 Å². The van der Waals surface area contributed by atoms with E-state index in [0.29, 0.717) is 5.15 Å². The summed E-state index contributed by atoms with van der Waals surface area (Å²) in [4.78, 5) is 8.36. The Balaban J connectivity index is 0.00000261. The van der Waals surface area contributed by atoms with Crippen LogP contribution in [0.5, 0.6) is 0 Å². The SMILES string of the molecule is CN=C(NCCc1ccc(Cl)nc1)NCCc1nnc2n1CCCCC2.I. The second-order valence-corrected chi connectivity index (χ2v) is 6.80. The van der Waals surface area contributed by atoms with Crippen LogP contribution in [0, 0.1) is 0 Å². The fraction of sp³-hybridized carbons (Fsp3) is 0.556. The monoisotopic (exact) mass is 503 g/mol. The number of rotatable bonds is 6. The van der Waals surface area contributed by atoms with E-state index in [0.717, 1.165) is 62.1 Å². The number of nitrogens with zero attached hydrogens (tertiary/aromatic N) is 5. The summed E-state index contributed by atoms with van der Waals surface area (Å²) in [6.45, 7) is 2.60. The Hall–Kier alpha value is -1.42. The van der Waals surface area contributed by atoms with Crippen molar-refractivity contribution in [3.05, 3.63) is 40.7 Å². The first kappa shape index (κ1) is 21.9. The molecule has 0 fully saturated rings. The molecule has 27 heavy (non-hydrogen) atoms. The van der Waals surface area contributed by atoms with Crippen molar-refractivity contribution in [1.82, 2.24) is 30.4 Å². The van der Waals surface area contributed by atoms with Gasteiger partial charge in [-0.1, -0.05) is 24.1 Å². The molecule has 0 spiro atoms. The van der Waals surface area contributed by atoms with E-state index in [9.17, 15) is 0 Å². The fourth-order valence-corrected chi connectivity index (χ4v) is 3.23. The number of nitrogens with one attached hydrogen (secondary N) is 2. The maximum atomic E-state index is 5.80. The molecule has 0 saturated heterocycles. The molecule has 3 rings (SSSR count). The largest absolute Gasteiger partial charge is 0.356 e. The van der Waals surface area contributed by atoms with Crippen molar-refractivity contribution in [3.8, 4) is 0 Å². The number of aromatic nitrogens is 4. The van der Waals surface area contributed by atoms with E-state index in [-0.39, 0.29) is 24.0 Å². The zero-order chi connectivity index (χ0) is 18.2. The van der Waals surface area contributed by atoms with Gasteiger partial charge in [-0.15, -0.1) is 34.2 Å². The van der Waals surface area contributed by atoms with Gasteiger partial charge in [-0.05, 0) is 30.9 Å². The molecule has 2 aromatic heterocycles. The quantitative estimate of drug-likeness (QED) is 0.274. The molecule has 0 bridgehead atoms. The maximum Gasteiger partial charge on any atom is 0.191 e. The Morgan fingerprint density at radius 3 is 2.70 bits per heavy atom. The lowest BCUT2D eigenvalue weighted by molar-refractivity contribution is 0.600. The molecule has 0 atom stereocenters. The van der Waals surface area contributed by atoms with Gasteiger partial charge in [0, 0.05) is 45.7 Å². The van der Waals surface area contributed by atoms with E-state index in [2.05, 4.69) is 35.4 Å². The van der Waals surface area contributed by atoms with Gasteiger partial charge in [-0.3, -0.25) is 4.99 Å². The van der Waals surface area contributed by atoms with Gasteiger partial charge < -0.3 is 15.2 Å². The molecule has 0 aromatic carbocycles. The molecule has 1 aliphatic heterocycles. The summed E-state index contributed by atoms with van der Waals surface area (Å²) in [6, 6.07) is 3.80. The van der Waals surface area contributed by atoms with Crippen LogP contribution in [0.4, 0.5) is 0 Å². The molecule has 9 heteroatoms. The maximum absolute atomic E-state index is 5.80. The minimum absolute atomic E-state index is 0. The number of guanidine groups is 1. The highest BCUT2D eigenvalue weighted by molar-refractivity contribution is 14.0. The third-order valence-electron chi connectivity index (χ3n) is 4.55. The number of fused-ring (bicyclic) bond motifs is 1. The zero-order valence-corrected chi connectivity index (χ0v) is 18.7. The first-order chi connectivity index (χ1) is 12.8. The van der Waals surface area contributed by atoms with Crippen LogP contribution in [0.25, 0.3) is 0 Å². The van der Waals surface area contributed by atoms with Gasteiger partial charge in [-0.25, -0.2) is 4.98 Å². The first-order valence-electron chi connectivity index (χ1n) is 9.22. The van der Waals surface area contributed by atoms with Crippen LogP contribution in [0.3, 0.4) is 0 Å². The molecule has 0 aliphatic carbocycles. The van der Waals surface area contributed by atoms with E-state index in [1.807, 2.05) is 12.1 Å². The Morgan fingerprint density at radius 1 is 1.15 bits per heavy atom. The van der Waals surface area contributed by atoms with Crippen LogP contribution in [0.15, 0.2) is 23.3 Å². The second kappa shape index (κ2) is 11.4. The number of pyridine rings is 1. The number of aliphatic imine (C=N–C) groups is 1. The van der Waals surface area contributed by atoms with Crippen molar-refractivity contribution in [2.75, 3.05) is 20.1 Å². The third-order valence-corrected chi connectivity index (χ3v) is 4.77. The van der Waals surface area contributed by atoms with E-state index in [4.69, 9.17) is 11.6 Å². The van der Waals surface area contributed by atoms with Crippen LogP contribution < -0.4 is 10.6 Å². The Morgan fingerprint density at radius 2 is 1.96 bits per heavy atom. The molecular weight excluding hydrogens is 477 g/mol. The van der Waals surface area contributed by atoms with Crippen LogP contribution in [0.2, 0.25) is 5.15 Å². The smallest absolute Gasteiger partial charge is 0.191 e. The van der Waals surface area contributed by atoms with E-state index in [1.54, 1.807) is 13.2 Å². The number of halogens is 2. The summed E-state index contributed by atoms with van der Waals surface area (Å²) in [6.07, 6.45) is 8.27. The molecule has 1 aliphatic rings. The van der Waals surface area contributed by atoms with Crippen molar-refractivity contribution in [2.24, 2.45) is 4.99 Å². The predicted molar refractivity (Wildman–Crippen MR) is 119 cm³/mol. The van der Waals surface area contributed by atoms with Crippen LogP contribution >= 0.6 is 35.6 Å². The Kier molecular flexibility index (Phi) is 9.26. The van der Waals surface area contributed by atoms with E-state index in [1.165, 1.54) is 19.3 Å². The van der Waals surface area contributed by atoms with Gasteiger partial charge in [0.15, 0.2) is 5.96 Å². The average molecular weight is 504 g/mol. The lowest BCUT2D eigenvalue weighted by Crippen LogP contribution is -2.39. The molecule has 2 aromatic rings. The van der Waals surface area contributed by atoms with E-state index < -0.39 is 0 Å². The van der Waals surface area contributed by atoms with Gasteiger partial charge in [-0.2, -0.15) is 0 Å². The van der Waals surface area contributed by atoms with Crippen LogP contribution in [-0.4, -0.2) is 45.8 Å². The summed E-state index contributed by atoms with van der Waals surface area (Å²) in [7, 11) is 1.78. The van der Waals surface area contributed by atoms with Crippen molar-refractivity contribution in [1.29, 1.82) is 0 Å². The van der Waals surface area contributed by atoms with Crippen LogP contribution in [-0.2, 0) is 25.8 Å². The molecule has 0 unspecified atom stereocenters. The number of hydrogen-bond acceptors (Lipinski definition) is 4. The van der Waals surface area contributed by atoms with Gasteiger partial charge >= 0.3 is 0 Å². The Bertz CT molecular complexity index is 730. The molecule has 0 radical (unpaired) electrons. The van der Waals surface area contributed by atoms with Gasteiger partial charge in [0.05, 0.1) is 0 Å². The first-order valence-corrected chi connectivity index (χ1v) is 9.60. The molecule has 3 heterocycles. The minimum atomic E-state index is 0. The zero-order valence-electron chi connectivity index (χ0n) is 15.6. The minimum Gasteiger partial charge on any atom is -0.356 e. The van der Waals surface area contributed by atoms with E-state index >= 15 is 0 Å². The number of aryl methyl sites for hydroxylation is 1.